The van der Waals surface area contributed by atoms with Gasteiger partial charge in [0.25, 0.3) is 0 Å². The first-order valence-corrected chi connectivity index (χ1v) is 12.4. The summed E-state index contributed by atoms with van der Waals surface area (Å²) in [5.41, 5.74) is 9.08. The fourth-order valence-corrected chi connectivity index (χ4v) is 6.11. The fourth-order valence-electron chi connectivity index (χ4n) is 4.27. The summed E-state index contributed by atoms with van der Waals surface area (Å²) < 4.78 is 5.29. The largest absolute Gasteiger partial charge is 0.386 e. The van der Waals surface area contributed by atoms with Gasteiger partial charge in [0, 0.05) is 10.6 Å². The summed E-state index contributed by atoms with van der Waals surface area (Å²) in [5.74, 6) is 0.675. The number of nitrogens with zero attached hydrogens (tertiary/aromatic N) is 1. The van der Waals surface area contributed by atoms with Crippen molar-refractivity contribution in [3.8, 4) is 0 Å². The van der Waals surface area contributed by atoms with Gasteiger partial charge in [-0.2, -0.15) is 0 Å². The van der Waals surface area contributed by atoms with Crippen molar-refractivity contribution in [2.24, 2.45) is 10.5 Å². The predicted octanol–water partition coefficient (Wildman–Crippen LogP) is 6.14. The number of hydrogen-bond donors (Lipinski definition) is 1. The molecule has 0 aliphatic heterocycles. The first-order chi connectivity index (χ1) is 15.4. The third kappa shape index (κ3) is 4.47. The highest BCUT2D eigenvalue weighted by Gasteiger charge is 2.38. The van der Waals surface area contributed by atoms with Crippen LogP contribution in [0.1, 0.15) is 38.3 Å². The SMILES string of the molecule is CC(C)(C)c1ccccc1C1(C(N)=NP(c2ccccc2)c2ccccc2)C=CC=CC1. The second kappa shape index (κ2) is 9.27. The highest BCUT2D eigenvalue weighted by atomic mass is 31.1. The molecule has 0 radical (unpaired) electrons. The lowest BCUT2D eigenvalue weighted by Crippen LogP contribution is -2.42. The second-order valence-corrected chi connectivity index (χ2v) is 11.1. The van der Waals surface area contributed by atoms with Crippen LogP contribution in [0.25, 0.3) is 0 Å². The van der Waals surface area contributed by atoms with Gasteiger partial charge in [-0.3, -0.25) is 0 Å². The third-order valence-electron chi connectivity index (χ3n) is 5.95. The highest BCUT2D eigenvalue weighted by molar-refractivity contribution is 7.71. The van der Waals surface area contributed by atoms with E-state index < -0.39 is 13.5 Å². The molecule has 2 nitrogen and oxygen atoms in total. The van der Waals surface area contributed by atoms with E-state index in [2.05, 4.69) is 118 Å². The van der Waals surface area contributed by atoms with Crippen LogP contribution in [0.3, 0.4) is 0 Å². The van der Waals surface area contributed by atoms with Gasteiger partial charge in [0.1, 0.15) is 5.84 Å². The molecule has 4 rings (SSSR count). The molecule has 1 aliphatic rings. The van der Waals surface area contributed by atoms with E-state index in [1.807, 2.05) is 12.1 Å². The molecule has 1 atom stereocenters. The Labute approximate surface area is 193 Å². The summed E-state index contributed by atoms with van der Waals surface area (Å²) in [6.45, 7) is 6.78. The minimum Gasteiger partial charge on any atom is -0.386 e. The lowest BCUT2D eigenvalue weighted by Gasteiger charge is -2.36. The minimum atomic E-state index is -0.970. The monoisotopic (exact) mass is 438 g/mol. The van der Waals surface area contributed by atoms with Crippen LogP contribution in [-0.2, 0) is 10.8 Å². The molecule has 32 heavy (non-hydrogen) atoms. The van der Waals surface area contributed by atoms with Gasteiger partial charge < -0.3 is 5.73 Å². The molecule has 0 saturated heterocycles. The van der Waals surface area contributed by atoms with Crippen LogP contribution in [-0.4, -0.2) is 5.84 Å². The molecule has 0 fully saturated rings. The molecule has 1 aliphatic carbocycles. The minimum absolute atomic E-state index is 0.00245. The van der Waals surface area contributed by atoms with Crippen molar-refractivity contribution < 1.29 is 0 Å². The fraction of sp³-hybridized carbons (Fsp3) is 0.207. The van der Waals surface area contributed by atoms with Crippen LogP contribution in [0.2, 0.25) is 0 Å². The average Bonchev–Trinajstić information content (AvgIpc) is 2.83. The molecule has 3 aromatic carbocycles. The lowest BCUT2D eigenvalue weighted by atomic mass is 9.69. The number of benzene rings is 3. The maximum atomic E-state index is 6.98. The topological polar surface area (TPSA) is 38.4 Å². The number of amidine groups is 1. The summed E-state index contributed by atoms with van der Waals surface area (Å²) in [6.07, 6.45) is 9.45. The maximum Gasteiger partial charge on any atom is 0.114 e. The molecule has 0 saturated carbocycles. The van der Waals surface area contributed by atoms with Crippen LogP contribution >= 0.6 is 8.07 Å². The summed E-state index contributed by atoms with van der Waals surface area (Å²) in [6, 6.07) is 29.7. The molecule has 0 spiro atoms. The number of rotatable bonds is 5. The van der Waals surface area contributed by atoms with E-state index >= 15 is 0 Å². The van der Waals surface area contributed by atoms with E-state index in [0.29, 0.717) is 5.84 Å². The molecule has 0 amide bonds. The maximum absolute atomic E-state index is 6.98. The molecule has 162 valence electrons. The number of allylic oxidation sites excluding steroid dienone is 3. The van der Waals surface area contributed by atoms with Crippen molar-refractivity contribution >= 4 is 24.5 Å². The Hall–Kier alpha value is -2.96. The Morgan fingerprint density at radius 2 is 1.38 bits per heavy atom. The third-order valence-corrected chi connectivity index (χ3v) is 7.94. The highest BCUT2D eigenvalue weighted by Crippen LogP contribution is 2.43. The molecule has 0 bridgehead atoms. The zero-order chi connectivity index (χ0) is 22.6. The van der Waals surface area contributed by atoms with Crippen molar-refractivity contribution in [3.63, 3.8) is 0 Å². The van der Waals surface area contributed by atoms with Crippen LogP contribution in [0.4, 0.5) is 0 Å². The van der Waals surface area contributed by atoms with Crippen LogP contribution in [0.5, 0.6) is 0 Å². The molecule has 3 aromatic rings. The quantitative estimate of drug-likeness (QED) is 0.290. The van der Waals surface area contributed by atoms with Gasteiger partial charge in [-0.1, -0.05) is 130 Å². The number of nitrogens with two attached hydrogens (primary N) is 1. The molecule has 1 unspecified atom stereocenters. The standard InChI is InChI=1S/C29H31N2P/c1-28(2,3)25-19-11-12-20-26(25)29(21-13-6-14-22-29)27(30)31-32(23-15-7-4-8-16-23)24-17-9-5-10-18-24/h4-21H,22H2,1-3H3,(H2,30,31). The van der Waals surface area contributed by atoms with Crippen molar-refractivity contribution in [1.82, 2.24) is 0 Å². The van der Waals surface area contributed by atoms with E-state index in [1.165, 1.54) is 21.7 Å². The van der Waals surface area contributed by atoms with Gasteiger partial charge in [0.15, 0.2) is 0 Å². The van der Waals surface area contributed by atoms with Crippen molar-refractivity contribution in [3.05, 3.63) is 120 Å². The van der Waals surface area contributed by atoms with Crippen molar-refractivity contribution in [2.45, 2.75) is 38.0 Å². The summed E-state index contributed by atoms with van der Waals surface area (Å²) >= 11 is 0. The molecular formula is C29H31N2P. The zero-order valence-corrected chi connectivity index (χ0v) is 20.0. The Balaban J connectivity index is 1.90. The Bertz CT molecular complexity index is 1100. The van der Waals surface area contributed by atoms with E-state index in [0.717, 1.165) is 6.42 Å². The van der Waals surface area contributed by atoms with E-state index in [4.69, 9.17) is 10.5 Å². The summed E-state index contributed by atoms with van der Waals surface area (Å²) in [7, 11) is -0.970. The van der Waals surface area contributed by atoms with Gasteiger partial charge in [-0.05, 0) is 23.0 Å². The smallest absolute Gasteiger partial charge is 0.114 e. The second-order valence-electron chi connectivity index (χ2n) is 9.23. The van der Waals surface area contributed by atoms with Crippen LogP contribution in [0.15, 0.2) is 114 Å². The van der Waals surface area contributed by atoms with Crippen molar-refractivity contribution in [2.75, 3.05) is 0 Å². The van der Waals surface area contributed by atoms with Gasteiger partial charge in [0.2, 0.25) is 0 Å². The van der Waals surface area contributed by atoms with Gasteiger partial charge in [0.05, 0.1) is 13.5 Å². The lowest BCUT2D eigenvalue weighted by molar-refractivity contribution is 0.566. The normalized spacial score (nSPS) is 18.8. The average molecular weight is 439 g/mol. The number of hydrogen-bond acceptors (Lipinski definition) is 1. The summed E-state index contributed by atoms with van der Waals surface area (Å²) in [4.78, 5) is 0. The van der Waals surface area contributed by atoms with E-state index in [-0.39, 0.29) is 5.41 Å². The molecule has 0 aromatic heterocycles. The van der Waals surface area contributed by atoms with Crippen LogP contribution in [0, 0.1) is 0 Å². The van der Waals surface area contributed by atoms with Gasteiger partial charge in [-0.25, -0.2) is 4.76 Å². The van der Waals surface area contributed by atoms with Gasteiger partial charge >= 0.3 is 0 Å². The Kier molecular flexibility index (Phi) is 6.44. The summed E-state index contributed by atoms with van der Waals surface area (Å²) in [5, 5.41) is 2.40. The zero-order valence-electron chi connectivity index (χ0n) is 19.1. The first-order valence-electron chi connectivity index (χ1n) is 11.1. The van der Waals surface area contributed by atoms with E-state index in [9.17, 15) is 0 Å². The first kappa shape index (κ1) is 22.2. The predicted molar refractivity (Wildman–Crippen MR) is 140 cm³/mol. The van der Waals surface area contributed by atoms with E-state index in [1.54, 1.807) is 0 Å². The molecule has 2 N–H and O–H groups in total. The Morgan fingerprint density at radius 3 is 1.91 bits per heavy atom. The van der Waals surface area contributed by atoms with Gasteiger partial charge in [-0.15, -0.1) is 0 Å². The van der Waals surface area contributed by atoms with Crippen LogP contribution < -0.4 is 16.3 Å². The van der Waals surface area contributed by atoms with Crippen molar-refractivity contribution in [1.29, 1.82) is 0 Å². The molecular weight excluding hydrogens is 407 g/mol. The molecule has 0 heterocycles. The molecule has 3 heteroatoms. The Morgan fingerprint density at radius 1 is 0.812 bits per heavy atom.